The molecule has 154 valence electrons. The van der Waals surface area contributed by atoms with Crippen molar-refractivity contribution < 1.29 is 5.11 Å². The lowest BCUT2D eigenvalue weighted by atomic mass is 10.1. The topological polar surface area (TPSA) is 57.9 Å². The second kappa shape index (κ2) is 9.89. The zero-order valence-electron chi connectivity index (χ0n) is 17.5. The summed E-state index contributed by atoms with van der Waals surface area (Å²) in [6.45, 7) is 16.5. The van der Waals surface area contributed by atoms with Gasteiger partial charge >= 0.3 is 0 Å². The van der Waals surface area contributed by atoms with Gasteiger partial charge in [0.15, 0.2) is 0 Å². The maximum Gasteiger partial charge on any atom is 0.133 e. The molecule has 0 saturated carbocycles. The van der Waals surface area contributed by atoms with Crippen molar-refractivity contribution in [3.63, 3.8) is 0 Å². The fourth-order valence-electron chi connectivity index (χ4n) is 3.66. The van der Waals surface area contributed by atoms with Crippen LogP contribution >= 0.6 is 0 Å². The van der Waals surface area contributed by atoms with Crippen LogP contribution in [0.25, 0.3) is 0 Å². The van der Waals surface area contributed by atoms with Gasteiger partial charge in [-0.1, -0.05) is 13.8 Å². The van der Waals surface area contributed by atoms with E-state index in [1.54, 1.807) is 12.4 Å². The molecule has 1 N–H and O–H groups in total. The van der Waals surface area contributed by atoms with Gasteiger partial charge in [-0.25, -0.2) is 0 Å². The minimum atomic E-state index is 0.248. The first-order valence-corrected chi connectivity index (χ1v) is 10.4. The fourth-order valence-corrected chi connectivity index (χ4v) is 3.66. The van der Waals surface area contributed by atoms with E-state index in [2.05, 4.69) is 43.9 Å². The summed E-state index contributed by atoms with van der Waals surface area (Å²) >= 11 is 0. The molecule has 2 heterocycles. The molecular formula is C21H34N6O. The maximum atomic E-state index is 10.7. The number of hydrogen-bond donors (Lipinski definition) is 1. The van der Waals surface area contributed by atoms with Crippen molar-refractivity contribution in [1.82, 2.24) is 19.8 Å². The Hall–Kier alpha value is -2.12. The molecule has 7 heteroatoms. The first-order chi connectivity index (χ1) is 13.6. The van der Waals surface area contributed by atoms with Crippen LogP contribution in [-0.2, 0) is 0 Å². The zero-order chi connectivity index (χ0) is 19.9. The number of piperazine rings is 2. The highest BCUT2D eigenvalue weighted by atomic mass is 16.3. The van der Waals surface area contributed by atoms with Gasteiger partial charge in [-0.2, -0.15) is 10.2 Å². The van der Waals surface area contributed by atoms with E-state index >= 15 is 0 Å². The third kappa shape index (κ3) is 5.45. The Labute approximate surface area is 168 Å². The van der Waals surface area contributed by atoms with Gasteiger partial charge in [-0.3, -0.25) is 19.8 Å². The summed E-state index contributed by atoms with van der Waals surface area (Å²) < 4.78 is 0. The molecule has 0 amide bonds. The summed E-state index contributed by atoms with van der Waals surface area (Å²) in [6.07, 6.45) is 3.56. The SMILES string of the molecule is CCN1CCN(/N=C/c2cc(C)cc(/C=N/N3CCN(CC)CC3)c2O)CC1. The van der Waals surface area contributed by atoms with Crippen molar-refractivity contribution in [2.45, 2.75) is 20.8 Å². The van der Waals surface area contributed by atoms with Crippen molar-refractivity contribution in [2.75, 3.05) is 65.4 Å². The number of phenolic OH excluding ortho intramolecular Hbond substituents is 1. The predicted molar refractivity (Wildman–Crippen MR) is 115 cm³/mol. The van der Waals surface area contributed by atoms with Gasteiger partial charge in [0.05, 0.1) is 12.4 Å². The van der Waals surface area contributed by atoms with Crippen LogP contribution in [-0.4, -0.2) is 103 Å². The van der Waals surface area contributed by atoms with Crippen LogP contribution in [0.1, 0.15) is 30.5 Å². The van der Waals surface area contributed by atoms with Gasteiger partial charge in [-0.05, 0) is 37.7 Å². The van der Waals surface area contributed by atoms with Gasteiger partial charge in [0.1, 0.15) is 5.75 Å². The Morgan fingerprint density at radius 1 is 0.786 bits per heavy atom. The molecule has 28 heavy (non-hydrogen) atoms. The number of hydrazone groups is 2. The Kier molecular flexibility index (Phi) is 7.28. The van der Waals surface area contributed by atoms with Crippen LogP contribution in [0.15, 0.2) is 22.3 Å². The summed E-state index contributed by atoms with van der Waals surface area (Å²) in [4.78, 5) is 4.84. The quantitative estimate of drug-likeness (QED) is 0.754. The van der Waals surface area contributed by atoms with E-state index in [0.29, 0.717) is 0 Å². The van der Waals surface area contributed by atoms with Gasteiger partial charge in [0.25, 0.3) is 0 Å². The van der Waals surface area contributed by atoms with Crippen molar-refractivity contribution in [1.29, 1.82) is 0 Å². The molecule has 2 aliphatic rings. The average molecular weight is 387 g/mol. The third-order valence-electron chi connectivity index (χ3n) is 5.63. The summed E-state index contributed by atoms with van der Waals surface area (Å²) in [5.74, 6) is 0.248. The number of aromatic hydroxyl groups is 1. The molecule has 0 atom stereocenters. The van der Waals surface area contributed by atoms with E-state index in [-0.39, 0.29) is 5.75 Å². The Bertz CT molecular complexity index is 633. The minimum Gasteiger partial charge on any atom is -0.507 e. The molecule has 7 nitrogen and oxygen atoms in total. The zero-order valence-corrected chi connectivity index (χ0v) is 17.5. The Balaban J connectivity index is 1.65. The number of likely N-dealkylation sites (N-methyl/N-ethyl adjacent to an activating group) is 2. The lowest BCUT2D eigenvalue weighted by Crippen LogP contribution is -2.43. The monoisotopic (exact) mass is 386 g/mol. The first kappa shape index (κ1) is 20.6. The van der Waals surface area contributed by atoms with E-state index < -0.39 is 0 Å². The van der Waals surface area contributed by atoms with E-state index in [1.807, 2.05) is 19.1 Å². The van der Waals surface area contributed by atoms with Gasteiger partial charge < -0.3 is 5.11 Å². The molecule has 2 fully saturated rings. The third-order valence-corrected chi connectivity index (χ3v) is 5.63. The molecule has 2 aliphatic heterocycles. The molecule has 0 spiro atoms. The molecule has 0 radical (unpaired) electrons. The summed E-state index contributed by atoms with van der Waals surface area (Å²) in [5, 5.41) is 24.0. The number of benzene rings is 1. The fraction of sp³-hybridized carbons (Fsp3) is 0.619. The lowest BCUT2D eigenvalue weighted by Gasteiger charge is -2.32. The van der Waals surface area contributed by atoms with Crippen molar-refractivity contribution in [3.8, 4) is 5.75 Å². The van der Waals surface area contributed by atoms with Crippen LogP contribution < -0.4 is 0 Å². The molecule has 1 aromatic rings. The molecule has 3 rings (SSSR count). The van der Waals surface area contributed by atoms with Crippen LogP contribution in [0, 0.1) is 6.92 Å². The number of nitrogens with zero attached hydrogens (tertiary/aromatic N) is 6. The van der Waals surface area contributed by atoms with Crippen LogP contribution in [0.2, 0.25) is 0 Å². The normalized spacial score (nSPS) is 20.0. The number of phenols is 1. The maximum absolute atomic E-state index is 10.7. The molecule has 1 aromatic carbocycles. The molecule has 0 aliphatic carbocycles. The standard InChI is InChI=1S/C21H34N6O/c1-4-24-6-10-26(11-7-24)22-16-19-14-18(3)15-20(21(19)28)17-23-27-12-8-25(5-2)9-13-27/h14-17,28H,4-13H2,1-3H3/b22-16+,23-17+. The van der Waals surface area contributed by atoms with Crippen molar-refractivity contribution >= 4 is 12.4 Å². The average Bonchev–Trinajstić information content (AvgIpc) is 2.73. The van der Waals surface area contributed by atoms with E-state index in [1.165, 1.54) is 0 Å². The first-order valence-electron chi connectivity index (χ1n) is 10.4. The van der Waals surface area contributed by atoms with Gasteiger partial charge in [0, 0.05) is 63.5 Å². The molecule has 2 saturated heterocycles. The summed E-state index contributed by atoms with van der Waals surface area (Å²) in [6, 6.07) is 3.94. The van der Waals surface area contributed by atoms with Crippen molar-refractivity contribution in [3.05, 3.63) is 28.8 Å². The van der Waals surface area contributed by atoms with Crippen LogP contribution in [0.3, 0.4) is 0 Å². The Morgan fingerprint density at radius 2 is 1.18 bits per heavy atom. The molecule has 0 aromatic heterocycles. The lowest BCUT2D eigenvalue weighted by molar-refractivity contribution is 0.142. The van der Waals surface area contributed by atoms with E-state index in [4.69, 9.17) is 0 Å². The molecule has 0 unspecified atom stereocenters. The van der Waals surface area contributed by atoms with E-state index in [9.17, 15) is 5.11 Å². The highest BCUT2D eigenvalue weighted by Crippen LogP contribution is 2.22. The largest absolute Gasteiger partial charge is 0.507 e. The van der Waals surface area contributed by atoms with Gasteiger partial charge in [0.2, 0.25) is 0 Å². The number of rotatable bonds is 6. The highest BCUT2D eigenvalue weighted by molar-refractivity contribution is 5.92. The smallest absolute Gasteiger partial charge is 0.133 e. The number of hydrogen-bond acceptors (Lipinski definition) is 7. The van der Waals surface area contributed by atoms with Crippen LogP contribution in [0.4, 0.5) is 0 Å². The number of aryl methyl sites for hydroxylation is 1. The second-order valence-corrected chi connectivity index (χ2v) is 7.56. The predicted octanol–water partition coefficient (Wildman–Crippen LogP) is 1.64. The Morgan fingerprint density at radius 3 is 1.54 bits per heavy atom. The minimum absolute atomic E-state index is 0.248. The van der Waals surface area contributed by atoms with Crippen LogP contribution in [0.5, 0.6) is 5.75 Å². The van der Waals surface area contributed by atoms with Gasteiger partial charge in [-0.15, -0.1) is 0 Å². The second-order valence-electron chi connectivity index (χ2n) is 7.56. The highest BCUT2D eigenvalue weighted by Gasteiger charge is 2.15. The summed E-state index contributed by atoms with van der Waals surface area (Å²) in [5.41, 5.74) is 2.58. The molecule has 0 bridgehead atoms. The summed E-state index contributed by atoms with van der Waals surface area (Å²) in [7, 11) is 0. The molecular weight excluding hydrogens is 352 g/mol. The van der Waals surface area contributed by atoms with Crippen molar-refractivity contribution in [2.24, 2.45) is 10.2 Å². The van der Waals surface area contributed by atoms with E-state index in [0.717, 1.165) is 82.1 Å².